The van der Waals surface area contributed by atoms with E-state index in [0.717, 1.165) is 0 Å². The van der Waals surface area contributed by atoms with E-state index in [1.807, 2.05) is 13.8 Å². The number of ketones is 1. The van der Waals surface area contributed by atoms with Gasteiger partial charge in [0, 0.05) is 5.57 Å². The summed E-state index contributed by atoms with van der Waals surface area (Å²) in [6, 6.07) is 0. The van der Waals surface area contributed by atoms with Gasteiger partial charge in [-0.1, -0.05) is 19.9 Å². The first-order valence-electron chi connectivity index (χ1n) is 4.25. The van der Waals surface area contributed by atoms with Crippen LogP contribution in [0.25, 0.3) is 0 Å². The summed E-state index contributed by atoms with van der Waals surface area (Å²) < 4.78 is 4.48. The molecule has 0 saturated heterocycles. The highest BCUT2D eigenvalue weighted by atomic mass is 16.5. The van der Waals surface area contributed by atoms with Crippen LogP contribution >= 0.6 is 0 Å². The van der Waals surface area contributed by atoms with Crippen molar-refractivity contribution in [3.05, 3.63) is 11.6 Å². The molecule has 0 bridgehead atoms. The van der Waals surface area contributed by atoms with E-state index in [1.54, 1.807) is 6.08 Å². The van der Waals surface area contributed by atoms with Gasteiger partial charge in [-0.25, -0.2) is 0 Å². The zero-order valence-electron chi connectivity index (χ0n) is 8.59. The summed E-state index contributed by atoms with van der Waals surface area (Å²) in [4.78, 5) is 21.9. The third-order valence-electron chi connectivity index (χ3n) is 1.55. The Morgan fingerprint density at radius 1 is 1.38 bits per heavy atom. The number of Topliss-reactive ketones (excluding diaryl/α,β-unsaturated/α-hetero) is 1. The zero-order valence-corrected chi connectivity index (χ0v) is 8.59. The Bertz CT molecular complexity index is 226. The summed E-state index contributed by atoms with van der Waals surface area (Å²) in [5.41, 5.74) is 0.529. The summed E-state index contributed by atoms with van der Waals surface area (Å²) in [7, 11) is 1.31. The Morgan fingerprint density at radius 3 is 2.23 bits per heavy atom. The van der Waals surface area contributed by atoms with Crippen molar-refractivity contribution in [2.24, 2.45) is 5.92 Å². The maximum Gasteiger partial charge on any atom is 0.310 e. The van der Waals surface area contributed by atoms with Crippen LogP contribution in [0.15, 0.2) is 11.6 Å². The van der Waals surface area contributed by atoms with Crippen molar-refractivity contribution in [1.29, 1.82) is 0 Å². The van der Waals surface area contributed by atoms with E-state index in [-0.39, 0.29) is 24.1 Å². The smallest absolute Gasteiger partial charge is 0.310 e. The number of carbonyl (C=O) groups is 2. The van der Waals surface area contributed by atoms with Crippen LogP contribution in [0, 0.1) is 5.92 Å². The second kappa shape index (κ2) is 5.51. The monoisotopic (exact) mass is 184 g/mol. The van der Waals surface area contributed by atoms with Gasteiger partial charge in [-0.3, -0.25) is 9.59 Å². The topological polar surface area (TPSA) is 43.4 Å². The highest BCUT2D eigenvalue weighted by molar-refractivity contribution is 5.97. The van der Waals surface area contributed by atoms with Gasteiger partial charge in [-0.2, -0.15) is 0 Å². The SMILES string of the molecule is COC(=O)C/C(=C\C(C)C)C(C)=O. The molecule has 3 nitrogen and oxygen atoms in total. The normalized spacial score (nSPS) is 11.6. The number of carbonyl (C=O) groups excluding carboxylic acids is 2. The third-order valence-corrected chi connectivity index (χ3v) is 1.55. The van der Waals surface area contributed by atoms with Crippen molar-refractivity contribution in [1.82, 2.24) is 0 Å². The number of hydrogen-bond donors (Lipinski definition) is 0. The first-order valence-corrected chi connectivity index (χ1v) is 4.25. The second-order valence-electron chi connectivity index (χ2n) is 3.25. The minimum atomic E-state index is -0.373. The van der Waals surface area contributed by atoms with Gasteiger partial charge in [0.25, 0.3) is 0 Å². The lowest BCUT2D eigenvalue weighted by Gasteiger charge is -2.03. The Labute approximate surface area is 78.8 Å². The highest BCUT2D eigenvalue weighted by Crippen LogP contribution is 2.08. The first-order chi connectivity index (χ1) is 5.97. The van der Waals surface area contributed by atoms with Gasteiger partial charge in [-0.15, -0.1) is 0 Å². The van der Waals surface area contributed by atoms with Crippen molar-refractivity contribution < 1.29 is 14.3 Å². The van der Waals surface area contributed by atoms with Crippen molar-refractivity contribution in [3.8, 4) is 0 Å². The summed E-state index contributed by atoms with van der Waals surface area (Å²) in [6.45, 7) is 5.37. The van der Waals surface area contributed by atoms with Crippen LogP contribution < -0.4 is 0 Å². The quantitative estimate of drug-likeness (QED) is 0.493. The van der Waals surface area contributed by atoms with Crippen molar-refractivity contribution >= 4 is 11.8 Å². The van der Waals surface area contributed by atoms with E-state index >= 15 is 0 Å². The van der Waals surface area contributed by atoms with E-state index in [2.05, 4.69) is 4.74 Å². The molecule has 0 heterocycles. The number of ether oxygens (including phenoxy) is 1. The molecular formula is C10H16O3. The number of rotatable bonds is 4. The second-order valence-corrected chi connectivity index (χ2v) is 3.25. The Balaban J connectivity index is 4.45. The molecule has 74 valence electrons. The molecule has 0 atom stereocenters. The van der Waals surface area contributed by atoms with E-state index in [0.29, 0.717) is 5.57 Å². The molecule has 0 aliphatic rings. The molecule has 13 heavy (non-hydrogen) atoms. The Hall–Kier alpha value is -1.12. The fourth-order valence-electron chi connectivity index (χ4n) is 0.931. The average molecular weight is 184 g/mol. The minimum Gasteiger partial charge on any atom is -0.469 e. The lowest BCUT2D eigenvalue weighted by Crippen LogP contribution is -2.07. The molecule has 0 spiro atoms. The molecule has 0 aromatic heterocycles. The fraction of sp³-hybridized carbons (Fsp3) is 0.600. The van der Waals surface area contributed by atoms with Gasteiger partial charge in [-0.05, 0) is 12.8 Å². The molecule has 0 radical (unpaired) electrons. The van der Waals surface area contributed by atoms with E-state index in [9.17, 15) is 9.59 Å². The molecule has 0 aliphatic heterocycles. The van der Waals surface area contributed by atoms with Crippen molar-refractivity contribution in [2.45, 2.75) is 27.2 Å². The first kappa shape index (κ1) is 11.9. The van der Waals surface area contributed by atoms with Crippen LogP contribution in [0.5, 0.6) is 0 Å². The Morgan fingerprint density at radius 2 is 1.92 bits per heavy atom. The minimum absolute atomic E-state index is 0.0703. The molecule has 0 amide bonds. The standard InChI is InChI=1S/C10H16O3/c1-7(2)5-9(8(3)11)6-10(12)13-4/h5,7H,6H2,1-4H3/b9-5+. The maximum absolute atomic E-state index is 11.1. The number of esters is 1. The lowest BCUT2D eigenvalue weighted by atomic mass is 10.0. The van der Waals surface area contributed by atoms with E-state index in [4.69, 9.17) is 0 Å². The van der Waals surface area contributed by atoms with E-state index in [1.165, 1.54) is 14.0 Å². The van der Waals surface area contributed by atoms with Crippen molar-refractivity contribution in [2.75, 3.05) is 7.11 Å². The average Bonchev–Trinajstić information content (AvgIpc) is 2.02. The number of methoxy groups -OCH3 is 1. The van der Waals surface area contributed by atoms with Gasteiger partial charge >= 0.3 is 5.97 Å². The molecule has 0 aliphatic carbocycles. The number of hydrogen-bond acceptors (Lipinski definition) is 3. The van der Waals surface area contributed by atoms with Gasteiger partial charge in [0.15, 0.2) is 5.78 Å². The fourth-order valence-corrected chi connectivity index (χ4v) is 0.931. The molecule has 0 rings (SSSR count). The third kappa shape index (κ3) is 5.17. The predicted molar refractivity (Wildman–Crippen MR) is 50.2 cm³/mol. The molecule has 3 heteroatoms. The van der Waals surface area contributed by atoms with Gasteiger partial charge in [0.2, 0.25) is 0 Å². The molecule has 0 saturated carbocycles. The summed E-state index contributed by atoms with van der Waals surface area (Å²) >= 11 is 0. The van der Waals surface area contributed by atoms with E-state index < -0.39 is 0 Å². The van der Waals surface area contributed by atoms with Crippen LogP contribution in [0.4, 0.5) is 0 Å². The molecule has 0 N–H and O–H groups in total. The number of allylic oxidation sites excluding steroid dienone is 1. The molecule has 0 fully saturated rings. The van der Waals surface area contributed by atoms with Crippen LogP contribution in [-0.2, 0) is 14.3 Å². The van der Waals surface area contributed by atoms with Gasteiger partial charge in [0.1, 0.15) is 0 Å². The largest absolute Gasteiger partial charge is 0.469 e. The molecule has 0 unspecified atom stereocenters. The van der Waals surface area contributed by atoms with Crippen LogP contribution in [0.2, 0.25) is 0 Å². The van der Waals surface area contributed by atoms with Crippen LogP contribution in [0.1, 0.15) is 27.2 Å². The summed E-state index contributed by atoms with van der Waals surface area (Å²) in [5, 5.41) is 0. The van der Waals surface area contributed by atoms with Crippen LogP contribution in [0.3, 0.4) is 0 Å². The molecular weight excluding hydrogens is 168 g/mol. The predicted octanol–water partition coefficient (Wildman–Crippen LogP) is 1.72. The van der Waals surface area contributed by atoms with Crippen molar-refractivity contribution in [3.63, 3.8) is 0 Å². The van der Waals surface area contributed by atoms with Gasteiger partial charge in [0.05, 0.1) is 13.5 Å². The Kier molecular flexibility index (Phi) is 5.04. The maximum atomic E-state index is 11.1. The van der Waals surface area contributed by atoms with Gasteiger partial charge < -0.3 is 4.74 Å². The summed E-state index contributed by atoms with van der Waals surface area (Å²) in [5.74, 6) is -0.176. The molecule has 0 aromatic carbocycles. The van der Waals surface area contributed by atoms with Crippen LogP contribution in [-0.4, -0.2) is 18.9 Å². The lowest BCUT2D eigenvalue weighted by molar-refractivity contribution is -0.140. The zero-order chi connectivity index (χ0) is 10.4. The highest BCUT2D eigenvalue weighted by Gasteiger charge is 2.10. The molecule has 0 aromatic rings. The summed E-state index contributed by atoms with van der Waals surface area (Å²) in [6.07, 6.45) is 1.86.